The Kier molecular flexibility index (Phi) is 7.12. The molecule has 2 heterocycles. The van der Waals surface area contributed by atoms with Crippen molar-refractivity contribution in [1.82, 2.24) is 20.1 Å². The van der Waals surface area contributed by atoms with Crippen LogP contribution in [0.25, 0.3) is 0 Å². The fraction of sp³-hybridized carbons (Fsp3) is 0.200. The molecule has 4 rings (SSSR count). The lowest BCUT2D eigenvalue weighted by Crippen LogP contribution is -2.23. The number of halogens is 1. The second-order valence-electron chi connectivity index (χ2n) is 7.65. The number of ether oxygens (including phenoxy) is 1. The van der Waals surface area contributed by atoms with E-state index in [0.29, 0.717) is 29.2 Å². The number of allylic oxidation sites excluding steroid dienone is 3. The fourth-order valence-corrected chi connectivity index (χ4v) is 3.44. The lowest BCUT2D eigenvalue weighted by atomic mass is 10.1. The van der Waals surface area contributed by atoms with Crippen LogP contribution in [0.1, 0.15) is 34.0 Å². The van der Waals surface area contributed by atoms with Gasteiger partial charge in [0.1, 0.15) is 17.3 Å². The maximum atomic E-state index is 13.7. The van der Waals surface area contributed by atoms with Crippen LogP contribution in [-0.2, 0) is 20.1 Å². The van der Waals surface area contributed by atoms with Gasteiger partial charge in [-0.25, -0.2) is 4.39 Å². The quantitative estimate of drug-likeness (QED) is 0.534. The summed E-state index contributed by atoms with van der Waals surface area (Å²) >= 11 is 0. The highest BCUT2D eigenvalue weighted by Gasteiger charge is 2.13. The number of methoxy groups -OCH3 is 1. The monoisotopic (exact) mass is 460 g/mol. The Labute approximate surface area is 196 Å². The molecule has 0 saturated carbocycles. The van der Waals surface area contributed by atoms with Crippen LogP contribution >= 0.6 is 0 Å². The van der Waals surface area contributed by atoms with Crippen LogP contribution in [0, 0.1) is 5.82 Å². The third kappa shape index (κ3) is 5.55. The largest absolute Gasteiger partial charge is 0.497 e. The number of hydrogen-bond donors (Lipinski definition) is 2. The smallest absolute Gasteiger partial charge is 0.251 e. The van der Waals surface area contributed by atoms with Crippen LogP contribution in [0.15, 0.2) is 71.9 Å². The molecule has 0 saturated heterocycles. The van der Waals surface area contributed by atoms with Gasteiger partial charge in [-0.3, -0.25) is 9.79 Å². The van der Waals surface area contributed by atoms with E-state index in [2.05, 4.69) is 25.8 Å². The van der Waals surface area contributed by atoms with Crippen LogP contribution in [0.2, 0.25) is 0 Å². The highest BCUT2D eigenvalue weighted by atomic mass is 19.1. The summed E-state index contributed by atoms with van der Waals surface area (Å²) in [7, 11) is 3.36. The third-order valence-corrected chi connectivity index (χ3v) is 5.26. The first-order chi connectivity index (χ1) is 16.5. The van der Waals surface area contributed by atoms with Gasteiger partial charge in [0.15, 0.2) is 11.6 Å². The molecule has 0 unspecified atom stereocenters. The number of hydrogen-bond acceptors (Lipinski definition) is 6. The number of nitrogens with one attached hydrogen (secondary N) is 2. The number of amides is 1. The van der Waals surface area contributed by atoms with Gasteiger partial charge in [-0.2, -0.15) is 0 Å². The van der Waals surface area contributed by atoms with E-state index in [1.807, 2.05) is 35.9 Å². The maximum absolute atomic E-state index is 13.7. The molecule has 2 N–H and O–H groups in total. The van der Waals surface area contributed by atoms with Gasteiger partial charge in [0.2, 0.25) is 0 Å². The van der Waals surface area contributed by atoms with Crippen molar-refractivity contribution in [1.29, 1.82) is 0 Å². The van der Waals surface area contributed by atoms with Crippen LogP contribution in [0.3, 0.4) is 0 Å². The van der Waals surface area contributed by atoms with E-state index in [-0.39, 0.29) is 12.5 Å². The van der Waals surface area contributed by atoms with Crippen LogP contribution < -0.4 is 15.4 Å². The Morgan fingerprint density at radius 1 is 1.15 bits per heavy atom. The van der Waals surface area contributed by atoms with Crippen molar-refractivity contribution in [3.05, 3.63) is 95.5 Å². The van der Waals surface area contributed by atoms with Crippen molar-refractivity contribution in [2.45, 2.75) is 19.5 Å². The molecule has 9 heteroatoms. The molecule has 3 aromatic rings. The molecule has 1 aromatic heterocycles. The van der Waals surface area contributed by atoms with Gasteiger partial charge in [-0.1, -0.05) is 18.2 Å². The van der Waals surface area contributed by atoms with Crippen molar-refractivity contribution in [3.63, 3.8) is 0 Å². The van der Waals surface area contributed by atoms with E-state index in [1.54, 1.807) is 30.5 Å². The normalized spacial score (nSPS) is 12.7. The summed E-state index contributed by atoms with van der Waals surface area (Å²) in [6, 6.07) is 11.5. The summed E-state index contributed by atoms with van der Waals surface area (Å²) in [5, 5.41) is 14.6. The second-order valence-corrected chi connectivity index (χ2v) is 7.65. The first kappa shape index (κ1) is 22.9. The van der Waals surface area contributed by atoms with Gasteiger partial charge < -0.3 is 19.9 Å². The zero-order chi connectivity index (χ0) is 23.9. The Balaban J connectivity index is 1.38. The van der Waals surface area contributed by atoms with Crippen molar-refractivity contribution < 1.29 is 13.9 Å². The molecular weight excluding hydrogens is 435 g/mol. The molecule has 1 amide bonds. The molecule has 0 aliphatic carbocycles. The van der Waals surface area contributed by atoms with Gasteiger partial charge in [0, 0.05) is 37.1 Å². The average molecular weight is 461 g/mol. The number of carbonyl (C=O) groups is 1. The summed E-state index contributed by atoms with van der Waals surface area (Å²) in [5.74, 6) is 1.14. The lowest BCUT2D eigenvalue weighted by Gasteiger charge is -2.10. The first-order valence-corrected chi connectivity index (χ1v) is 10.8. The molecule has 34 heavy (non-hydrogen) atoms. The minimum absolute atomic E-state index is 0.180. The number of carbonyl (C=O) groups excluding carboxylic acids is 1. The van der Waals surface area contributed by atoms with E-state index < -0.39 is 5.82 Å². The Hall–Kier alpha value is -4.27. The molecule has 1 aliphatic rings. The number of nitrogens with zero attached hydrogens (tertiary/aromatic N) is 4. The summed E-state index contributed by atoms with van der Waals surface area (Å²) in [4.78, 5) is 17.0. The Morgan fingerprint density at radius 3 is 2.88 bits per heavy atom. The topological polar surface area (TPSA) is 93.4 Å². The van der Waals surface area contributed by atoms with Crippen molar-refractivity contribution in [2.24, 2.45) is 12.0 Å². The molecule has 0 radical (unpaired) electrons. The summed E-state index contributed by atoms with van der Waals surface area (Å²) in [5.41, 5.74) is 2.61. The van der Waals surface area contributed by atoms with Gasteiger partial charge in [0.05, 0.1) is 13.7 Å². The standard InChI is InChI=1S/C25H25FN6O2/c1-32-23(30-31-24(32)22-9-4-3-5-10-27-22)16-28-20-8-6-7-18(13-20)25(33)29-15-17-11-19(26)14-21(12-17)34-2/h4-14,28H,3,15-16H2,1-2H3,(H,29,33). The lowest BCUT2D eigenvalue weighted by molar-refractivity contribution is 0.0951. The van der Waals surface area contributed by atoms with E-state index in [1.165, 1.54) is 19.2 Å². The predicted octanol–water partition coefficient (Wildman–Crippen LogP) is 3.77. The van der Waals surface area contributed by atoms with E-state index in [0.717, 1.165) is 23.6 Å². The Morgan fingerprint density at radius 2 is 2.03 bits per heavy atom. The molecule has 0 fully saturated rings. The molecule has 1 aliphatic heterocycles. The number of anilines is 1. The third-order valence-electron chi connectivity index (χ3n) is 5.26. The fourth-order valence-electron chi connectivity index (χ4n) is 3.44. The molecule has 2 aromatic carbocycles. The van der Waals surface area contributed by atoms with Crippen LogP contribution in [0.4, 0.5) is 10.1 Å². The van der Waals surface area contributed by atoms with E-state index in [4.69, 9.17) is 4.74 Å². The van der Waals surface area contributed by atoms with Crippen molar-refractivity contribution in [2.75, 3.05) is 12.4 Å². The molecule has 0 bridgehead atoms. The number of benzene rings is 2. The predicted molar refractivity (Wildman–Crippen MR) is 128 cm³/mol. The molecule has 174 valence electrons. The van der Waals surface area contributed by atoms with Gasteiger partial charge >= 0.3 is 0 Å². The number of rotatable bonds is 8. The van der Waals surface area contributed by atoms with Gasteiger partial charge in [-0.05, 0) is 48.4 Å². The minimum Gasteiger partial charge on any atom is -0.497 e. The molecule has 0 atom stereocenters. The van der Waals surface area contributed by atoms with Gasteiger partial charge in [0.25, 0.3) is 5.91 Å². The summed E-state index contributed by atoms with van der Waals surface area (Å²) < 4.78 is 20.6. The second kappa shape index (κ2) is 10.6. The number of aromatic nitrogens is 3. The molecule has 8 nitrogen and oxygen atoms in total. The molecule has 0 spiro atoms. The van der Waals surface area contributed by atoms with Gasteiger partial charge in [-0.15, -0.1) is 10.2 Å². The zero-order valence-electron chi connectivity index (χ0n) is 19.0. The summed E-state index contributed by atoms with van der Waals surface area (Å²) in [6.45, 7) is 0.602. The maximum Gasteiger partial charge on any atom is 0.251 e. The molecular formula is C25H25FN6O2. The first-order valence-electron chi connectivity index (χ1n) is 10.8. The zero-order valence-corrected chi connectivity index (χ0v) is 19.0. The van der Waals surface area contributed by atoms with Crippen molar-refractivity contribution >= 4 is 17.3 Å². The summed E-state index contributed by atoms with van der Waals surface area (Å²) in [6.07, 6.45) is 8.53. The highest BCUT2D eigenvalue weighted by Crippen LogP contribution is 2.17. The number of aliphatic imine (C=N–C) groups is 1. The van der Waals surface area contributed by atoms with Crippen LogP contribution in [-0.4, -0.2) is 33.5 Å². The Bertz CT molecular complexity index is 1280. The minimum atomic E-state index is -0.416. The van der Waals surface area contributed by atoms with E-state index >= 15 is 0 Å². The van der Waals surface area contributed by atoms with Crippen LogP contribution in [0.5, 0.6) is 5.75 Å². The van der Waals surface area contributed by atoms with Crippen molar-refractivity contribution in [3.8, 4) is 5.75 Å². The van der Waals surface area contributed by atoms with E-state index in [9.17, 15) is 9.18 Å². The highest BCUT2D eigenvalue weighted by molar-refractivity contribution is 6.06. The average Bonchev–Trinajstić information content (AvgIpc) is 3.03. The SMILES string of the molecule is COc1cc(F)cc(CNC(=O)c2cccc(NCc3nnc(C4=NC=CCC=C4)n3C)c2)c1.